The molecule has 8 heavy (non-hydrogen) atoms. The Bertz CT molecular complexity index is 95.2. The maximum atomic E-state index is 8.74. The molecule has 4 nitrogen and oxygen atoms in total. The van der Waals surface area contributed by atoms with Gasteiger partial charge in [0.25, 0.3) is 0 Å². The third-order valence-electron chi connectivity index (χ3n) is 0. The molecule has 0 fully saturated rings. The van der Waals surface area contributed by atoms with Gasteiger partial charge in [-0.3, -0.25) is 9.11 Å². The van der Waals surface area contributed by atoms with Gasteiger partial charge >= 0.3 is 113 Å². The van der Waals surface area contributed by atoms with E-state index < -0.39 is 10.4 Å². The average Bonchev–Trinajstić information content (AvgIpc) is 0.722. The van der Waals surface area contributed by atoms with Crippen LogP contribution in [0, 0.1) is 0 Å². The number of hydrogen-bond donors (Lipinski definition) is 2. The molecule has 0 spiro atoms. The zero-order chi connectivity index (χ0) is 4.50. The molecule has 0 bridgehead atoms. The van der Waals surface area contributed by atoms with Gasteiger partial charge in [-0.15, -0.1) is 0 Å². The van der Waals surface area contributed by atoms with E-state index in [1.807, 2.05) is 0 Å². The molecule has 0 heterocycles. The Morgan fingerprint density at radius 1 is 1.00 bits per heavy atom. The summed E-state index contributed by atoms with van der Waals surface area (Å²) in [4.78, 5) is 0. The Balaban J connectivity index is -0.0000000267. The fraction of sp³-hybridized carbons (Fsp3) is 0. The normalized spacial score (nSPS) is 7.25. The van der Waals surface area contributed by atoms with Gasteiger partial charge in [0.1, 0.15) is 0 Å². The van der Waals surface area contributed by atoms with E-state index in [-0.39, 0.29) is 116 Å². The van der Waals surface area contributed by atoms with Crippen molar-refractivity contribution in [2.45, 2.75) is 0 Å². The first-order chi connectivity index (χ1) is 2.00. The van der Waals surface area contributed by atoms with Crippen LogP contribution in [0.25, 0.3) is 0 Å². The third kappa shape index (κ3) is 56.1. The summed E-state index contributed by atoms with van der Waals surface area (Å²) in [6.45, 7) is 0. The summed E-state index contributed by atoms with van der Waals surface area (Å²) in [6.07, 6.45) is 0. The summed E-state index contributed by atoms with van der Waals surface area (Å²) in [5.41, 5.74) is 0. The van der Waals surface area contributed by atoms with Crippen molar-refractivity contribution >= 4 is 127 Å². The second-order valence-electron chi connectivity index (χ2n) is 0.448. The third-order valence-corrected chi connectivity index (χ3v) is 0. The fourth-order valence-electron chi connectivity index (χ4n) is 0. The van der Waals surface area contributed by atoms with Crippen LogP contribution in [-0.4, -0.2) is 120 Å². The zero-order valence-electron chi connectivity index (χ0n) is 2.62. The van der Waals surface area contributed by atoms with E-state index in [0.717, 1.165) is 0 Å². The molecular formula is H6K2O4S2. The van der Waals surface area contributed by atoms with Crippen LogP contribution in [0.4, 0.5) is 0 Å². The Labute approximate surface area is 140 Å². The standard InChI is InChI=1S/2K.H2O4S.H2S.2H/c;;1-5(2,3)4;;;/h;;(H2,1,2,3,4);1H2;;. The van der Waals surface area contributed by atoms with Crippen LogP contribution >= 0.6 is 13.5 Å². The predicted octanol–water partition coefficient (Wildman–Crippen LogP) is -1.84. The second-order valence-corrected chi connectivity index (χ2v) is 1.34. The molecule has 0 amide bonds. The van der Waals surface area contributed by atoms with Gasteiger partial charge in [-0.1, -0.05) is 0 Å². The number of rotatable bonds is 0. The van der Waals surface area contributed by atoms with Crippen molar-refractivity contribution in [3.63, 3.8) is 0 Å². The van der Waals surface area contributed by atoms with Crippen molar-refractivity contribution in [3.8, 4) is 0 Å². The molecule has 0 aliphatic rings. The van der Waals surface area contributed by atoms with Gasteiger partial charge in [0.15, 0.2) is 0 Å². The summed E-state index contributed by atoms with van der Waals surface area (Å²) in [7, 11) is -4.67. The summed E-state index contributed by atoms with van der Waals surface area (Å²) < 4.78 is 31.6. The molecule has 0 aromatic rings. The minimum atomic E-state index is -4.67. The molecule has 0 rings (SSSR count). The molecule has 0 aromatic carbocycles. The van der Waals surface area contributed by atoms with E-state index in [1.165, 1.54) is 0 Å². The fourth-order valence-corrected chi connectivity index (χ4v) is 0. The molecule has 0 saturated carbocycles. The topological polar surface area (TPSA) is 74.6 Å². The van der Waals surface area contributed by atoms with Crippen molar-refractivity contribution in [2.24, 2.45) is 0 Å². The van der Waals surface area contributed by atoms with E-state index in [1.54, 1.807) is 0 Å². The molecule has 0 aliphatic carbocycles. The monoisotopic (exact) mass is 212 g/mol. The molecule has 0 unspecified atom stereocenters. The first-order valence-corrected chi connectivity index (χ1v) is 2.10. The van der Waals surface area contributed by atoms with Gasteiger partial charge in [0, 0.05) is 0 Å². The second kappa shape index (κ2) is 10.5. The van der Waals surface area contributed by atoms with E-state index in [4.69, 9.17) is 17.5 Å². The Hall–Kier alpha value is 3.49. The van der Waals surface area contributed by atoms with Gasteiger partial charge in [-0.2, -0.15) is 21.9 Å². The zero-order valence-corrected chi connectivity index (χ0v) is 4.44. The molecule has 0 radical (unpaired) electrons. The molecule has 44 valence electrons. The van der Waals surface area contributed by atoms with Crippen molar-refractivity contribution in [3.05, 3.63) is 0 Å². The Kier molecular flexibility index (Phi) is 29.6. The Morgan fingerprint density at radius 3 is 1.00 bits per heavy atom. The first-order valence-electron chi connectivity index (χ1n) is 0.698. The molecule has 0 saturated heterocycles. The predicted molar refractivity (Wildman–Crippen MR) is 38.9 cm³/mol. The van der Waals surface area contributed by atoms with Crippen LogP contribution in [0.5, 0.6) is 0 Å². The van der Waals surface area contributed by atoms with Crippen molar-refractivity contribution < 1.29 is 17.5 Å². The van der Waals surface area contributed by atoms with Gasteiger partial charge in [-0.05, 0) is 0 Å². The van der Waals surface area contributed by atoms with E-state index in [9.17, 15) is 0 Å². The van der Waals surface area contributed by atoms with Gasteiger partial charge in [0.05, 0.1) is 0 Å². The van der Waals surface area contributed by atoms with Gasteiger partial charge in [-0.25, -0.2) is 0 Å². The molecule has 8 heteroatoms. The summed E-state index contributed by atoms with van der Waals surface area (Å²) in [5, 5.41) is 0. The van der Waals surface area contributed by atoms with E-state index in [0.29, 0.717) is 0 Å². The van der Waals surface area contributed by atoms with E-state index >= 15 is 0 Å². The average molecular weight is 212 g/mol. The van der Waals surface area contributed by atoms with Crippen LogP contribution < -0.4 is 0 Å². The molecule has 0 aromatic heterocycles. The first kappa shape index (κ1) is 22.5. The SMILES string of the molecule is O=S(=O)(O)O.S.[KH].[KH]. The maximum absolute atomic E-state index is 8.74. The van der Waals surface area contributed by atoms with E-state index in [2.05, 4.69) is 0 Å². The van der Waals surface area contributed by atoms with Gasteiger partial charge in [0.2, 0.25) is 0 Å². The van der Waals surface area contributed by atoms with Crippen LogP contribution in [0.15, 0.2) is 0 Å². The Morgan fingerprint density at radius 2 is 1.00 bits per heavy atom. The van der Waals surface area contributed by atoms with Crippen LogP contribution in [0.2, 0.25) is 0 Å². The van der Waals surface area contributed by atoms with Crippen molar-refractivity contribution in [1.82, 2.24) is 0 Å². The summed E-state index contributed by atoms with van der Waals surface area (Å²) >= 11 is 0. The number of hydrogen-bond acceptors (Lipinski definition) is 2. The molecule has 0 atom stereocenters. The molecule has 0 aliphatic heterocycles. The molecular weight excluding hydrogens is 206 g/mol. The van der Waals surface area contributed by atoms with Crippen LogP contribution in [0.1, 0.15) is 0 Å². The van der Waals surface area contributed by atoms with Crippen LogP contribution in [-0.2, 0) is 10.4 Å². The minimum absolute atomic E-state index is 0. The summed E-state index contributed by atoms with van der Waals surface area (Å²) in [5.74, 6) is 0. The summed E-state index contributed by atoms with van der Waals surface area (Å²) in [6, 6.07) is 0. The van der Waals surface area contributed by atoms with Crippen LogP contribution in [0.3, 0.4) is 0 Å². The van der Waals surface area contributed by atoms with Gasteiger partial charge < -0.3 is 0 Å². The van der Waals surface area contributed by atoms with Crippen molar-refractivity contribution in [1.29, 1.82) is 0 Å². The van der Waals surface area contributed by atoms with Crippen molar-refractivity contribution in [2.75, 3.05) is 0 Å². The quantitative estimate of drug-likeness (QED) is 0.366. The molecule has 2 N–H and O–H groups in total.